The number of piperidine rings is 1. The van der Waals surface area contributed by atoms with Gasteiger partial charge in [-0.3, -0.25) is 4.79 Å². The molecule has 1 aliphatic heterocycles. The molecule has 0 atom stereocenters. The quantitative estimate of drug-likeness (QED) is 0.564. The molecule has 0 bridgehead atoms. The third-order valence-corrected chi connectivity index (χ3v) is 7.05. The van der Waals surface area contributed by atoms with Crippen molar-refractivity contribution in [1.82, 2.24) is 4.90 Å². The van der Waals surface area contributed by atoms with E-state index in [0.717, 1.165) is 24.3 Å². The van der Waals surface area contributed by atoms with Crippen molar-refractivity contribution in [1.29, 1.82) is 0 Å². The Kier molecular flexibility index (Phi) is 5.47. The summed E-state index contributed by atoms with van der Waals surface area (Å²) in [5.41, 5.74) is -1.46. The Labute approximate surface area is 159 Å². The zero-order valence-electron chi connectivity index (χ0n) is 14.6. The van der Waals surface area contributed by atoms with E-state index in [9.17, 15) is 30.8 Å². The summed E-state index contributed by atoms with van der Waals surface area (Å²) in [6.07, 6.45) is -4.46. The first kappa shape index (κ1) is 20.3. The van der Waals surface area contributed by atoms with Gasteiger partial charge in [0.2, 0.25) is 0 Å². The Morgan fingerprint density at radius 2 is 1.54 bits per heavy atom. The van der Waals surface area contributed by atoms with Gasteiger partial charge in [0.1, 0.15) is 5.82 Å². The predicted molar refractivity (Wildman–Crippen MR) is 94.0 cm³/mol. The van der Waals surface area contributed by atoms with Crippen LogP contribution in [-0.2, 0) is 16.0 Å². The van der Waals surface area contributed by atoms with Gasteiger partial charge in [-0.25, -0.2) is 12.8 Å². The van der Waals surface area contributed by atoms with Crippen LogP contribution in [0.5, 0.6) is 0 Å². The van der Waals surface area contributed by atoms with E-state index in [0.29, 0.717) is 0 Å². The van der Waals surface area contributed by atoms with Crippen molar-refractivity contribution in [3.05, 3.63) is 65.5 Å². The van der Waals surface area contributed by atoms with E-state index in [1.807, 2.05) is 0 Å². The molecule has 1 saturated heterocycles. The molecule has 0 aliphatic carbocycles. The van der Waals surface area contributed by atoms with Crippen molar-refractivity contribution in [2.24, 2.45) is 0 Å². The molecule has 9 heteroatoms. The molecular formula is C19H17F4NO3S. The molecule has 0 aromatic heterocycles. The molecule has 1 amide bonds. The highest BCUT2D eigenvalue weighted by atomic mass is 32.2. The predicted octanol–water partition coefficient (Wildman–Crippen LogP) is 3.92. The van der Waals surface area contributed by atoms with E-state index in [4.69, 9.17) is 0 Å². The van der Waals surface area contributed by atoms with Crippen LogP contribution in [0, 0.1) is 5.82 Å². The molecule has 1 fully saturated rings. The third-order valence-electron chi connectivity index (χ3n) is 4.77. The zero-order valence-corrected chi connectivity index (χ0v) is 15.4. The lowest BCUT2D eigenvalue weighted by Crippen LogP contribution is -2.43. The second kappa shape index (κ2) is 7.54. The fourth-order valence-corrected chi connectivity index (χ4v) is 5.00. The highest BCUT2D eigenvalue weighted by molar-refractivity contribution is 7.92. The third kappa shape index (κ3) is 4.04. The highest BCUT2D eigenvalue weighted by Gasteiger charge is 2.38. The van der Waals surface area contributed by atoms with Crippen LogP contribution in [0.15, 0.2) is 53.4 Å². The average molecular weight is 415 g/mol. The molecule has 1 heterocycles. The molecule has 3 rings (SSSR count). The van der Waals surface area contributed by atoms with Crippen molar-refractivity contribution in [2.75, 3.05) is 13.1 Å². The van der Waals surface area contributed by atoms with E-state index in [1.165, 1.54) is 29.2 Å². The van der Waals surface area contributed by atoms with Gasteiger partial charge in [0.05, 0.1) is 21.3 Å². The van der Waals surface area contributed by atoms with Crippen LogP contribution < -0.4 is 0 Å². The molecule has 150 valence electrons. The number of likely N-dealkylation sites (tertiary alicyclic amines) is 1. The van der Waals surface area contributed by atoms with Gasteiger partial charge >= 0.3 is 6.18 Å². The minimum Gasteiger partial charge on any atom is -0.339 e. The van der Waals surface area contributed by atoms with E-state index in [1.54, 1.807) is 0 Å². The van der Waals surface area contributed by atoms with Crippen LogP contribution in [0.2, 0.25) is 0 Å². The maximum absolute atomic E-state index is 13.1. The minimum atomic E-state index is -4.66. The number of sulfone groups is 1. The number of amides is 1. The number of halogens is 4. The monoisotopic (exact) mass is 415 g/mol. The minimum absolute atomic E-state index is 0.0129. The van der Waals surface area contributed by atoms with Crippen LogP contribution >= 0.6 is 0 Å². The number of nitrogens with zero attached hydrogens (tertiary/aromatic N) is 1. The van der Waals surface area contributed by atoms with Crippen molar-refractivity contribution in [3.63, 3.8) is 0 Å². The normalized spacial score (nSPS) is 16.2. The number of carbonyl (C=O) groups is 1. The summed E-state index contributed by atoms with van der Waals surface area (Å²) in [6.45, 7) is 0.0478. The maximum atomic E-state index is 13.1. The van der Waals surface area contributed by atoms with Gasteiger partial charge in [0, 0.05) is 13.1 Å². The molecule has 28 heavy (non-hydrogen) atoms. The smallest absolute Gasteiger partial charge is 0.339 e. The molecule has 2 aromatic rings. The number of benzene rings is 2. The Hall–Kier alpha value is -2.42. The SMILES string of the molecule is O=C(c1ccccc1C(F)(F)F)N1CCC(S(=O)(=O)c2ccc(F)cc2)CC1. The van der Waals surface area contributed by atoms with E-state index in [2.05, 4.69) is 0 Å². The largest absolute Gasteiger partial charge is 0.417 e. The van der Waals surface area contributed by atoms with Crippen LogP contribution in [-0.4, -0.2) is 37.6 Å². The summed E-state index contributed by atoms with van der Waals surface area (Å²) in [5, 5.41) is -0.778. The topological polar surface area (TPSA) is 54.5 Å². The molecule has 4 nitrogen and oxygen atoms in total. The fraction of sp³-hybridized carbons (Fsp3) is 0.316. The van der Waals surface area contributed by atoms with Gasteiger partial charge in [-0.05, 0) is 49.2 Å². The lowest BCUT2D eigenvalue weighted by atomic mass is 10.0. The zero-order chi connectivity index (χ0) is 20.5. The van der Waals surface area contributed by atoms with Crippen LogP contribution in [0.25, 0.3) is 0 Å². The molecule has 0 saturated carbocycles. The van der Waals surface area contributed by atoms with Crippen molar-refractivity contribution in [3.8, 4) is 0 Å². The number of hydrogen-bond acceptors (Lipinski definition) is 3. The highest BCUT2D eigenvalue weighted by Crippen LogP contribution is 2.33. The molecular weight excluding hydrogens is 398 g/mol. The second-order valence-electron chi connectivity index (χ2n) is 6.53. The average Bonchev–Trinajstić information content (AvgIpc) is 2.67. The summed E-state index contributed by atoms with van der Waals surface area (Å²) in [4.78, 5) is 13.8. The van der Waals surface area contributed by atoms with Gasteiger partial charge < -0.3 is 4.90 Å². The number of alkyl halides is 3. The Morgan fingerprint density at radius 1 is 0.964 bits per heavy atom. The van der Waals surface area contributed by atoms with Gasteiger partial charge in [0.25, 0.3) is 5.91 Å². The second-order valence-corrected chi connectivity index (χ2v) is 8.76. The first-order valence-corrected chi connectivity index (χ1v) is 10.1. The van der Waals surface area contributed by atoms with Gasteiger partial charge in [-0.2, -0.15) is 13.2 Å². The molecule has 2 aromatic carbocycles. The van der Waals surface area contributed by atoms with Crippen LogP contribution in [0.3, 0.4) is 0 Å². The summed E-state index contributed by atoms with van der Waals surface area (Å²) < 4.78 is 77.7. The van der Waals surface area contributed by atoms with Gasteiger partial charge in [-0.15, -0.1) is 0 Å². The van der Waals surface area contributed by atoms with Crippen LogP contribution in [0.1, 0.15) is 28.8 Å². The van der Waals surface area contributed by atoms with E-state index < -0.39 is 44.1 Å². The number of rotatable bonds is 3. The van der Waals surface area contributed by atoms with Crippen molar-refractivity contribution >= 4 is 15.7 Å². The van der Waals surface area contributed by atoms with Crippen molar-refractivity contribution < 1.29 is 30.8 Å². The van der Waals surface area contributed by atoms with Crippen molar-refractivity contribution in [2.45, 2.75) is 29.2 Å². The molecule has 0 unspecified atom stereocenters. The molecule has 0 radical (unpaired) electrons. The fourth-order valence-electron chi connectivity index (χ4n) is 3.27. The van der Waals surface area contributed by atoms with Gasteiger partial charge in [-0.1, -0.05) is 12.1 Å². The summed E-state index contributed by atoms with van der Waals surface area (Å²) in [7, 11) is -3.71. The Morgan fingerprint density at radius 3 is 2.11 bits per heavy atom. The molecule has 0 N–H and O–H groups in total. The molecule has 0 spiro atoms. The molecule has 1 aliphatic rings. The summed E-state index contributed by atoms with van der Waals surface area (Å²) >= 11 is 0. The van der Waals surface area contributed by atoms with E-state index >= 15 is 0 Å². The van der Waals surface area contributed by atoms with E-state index in [-0.39, 0.29) is 30.8 Å². The Bertz CT molecular complexity index is 963. The maximum Gasteiger partial charge on any atom is 0.417 e. The number of carbonyl (C=O) groups excluding carboxylic acids is 1. The standard InChI is InChI=1S/C19H17F4NO3S/c20-13-5-7-14(8-6-13)28(26,27)15-9-11-24(12-10-15)18(25)16-3-1-2-4-17(16)19(21,22)23/h1-8,15H,9-12H2. The first-order chi connectivity index (χ1) is 13.1. The lowest BCUT2D eigenvalue weighted by molar-refractivity contribution is -0.138. The van der Waals surface area contributed by atoms with Gasteiger partial charge in [0.15, 0.2) is 9.84 Å². The lowest BCUT2D eigenvalue weighted by Gasteiger charge is -2.32. The Balaban J connectivity index is 1.74. The summed E-state index contributed by atoms with van der Waals surface area (Å²) in [6, 6.07) is 9.00. The number of hydrogen-bond donors (Lipinski definition) is 0. The first-order valence-electron chi connectivity index (χ1n) is 8.55. The summed E-state index contributed by atoms with van der Waals surface area (Å²) in [5.74, 6) is -1.33. The van der Waals surface area contributed by atoms with Crippen LogP contribution in [0.4, 0.5) is 17.6 Å².